The zero-order chi connectivity index (χ0) is 24.5. The van der Waals surface area contributed by atoms with Crippen LogP contribution in [0.25, 0.3) is 33.1 Å². The molecule has 0 aliphatic rings. The van der Waals surface area contributed by atoms with E-state index in [-0.39, 0.29) is 28.7 Å². The highest BCUT2D eigenvalue weighted by atomic mass is 16.8. The molecule has 0 aliphatic carbocycles. The molecule has 9 heteroatoms. The number of anilines is 1. The predicted octanol–water partition coefficient (Wildman–Crippen LogP) is 4.85. The molecule has 2 aromatic heterocycles. The molecule has 0 radical (unpaired) electrons. The number of rotatable bonds is 6. The fourth-order valence-corrected chi connectivity index (χ4v) is 3.81. The van der Waals surface area contributed by atoms with Gasteiger partial charge in [0.25, 0.3) is 0 Å². The summed E-state index contributed by atoms with van der Waals surface area (Å²) in [4.78, 5) is 25.2. The molecule has 0 fully saturated rings. The molecule has 0 spiro atoms. The first-order chi connectivity index (χ1) is 16.9. The number of hydrogen-bond acceptors (Lipinski definition) is 9. The zero-order valence-electron chi connectivity index (χ0n) is 18.4. The Morgan fingerprint density at radius 1 is 0.943 bits per heavy atom. The van der Waals surface area contributed by atoms with E-state index in [4.69, 9.17) is 23.5 Å². The van der Waals surface area contributed by atoms with Crippen molar-refractivity contribution in [2.24, 2.45) is 0 Å². The fourth-order valence-electron chi connectivity index (χ4n) is 3.81. The highest BCUT2D eigenvalue weighted by molar-refractivity contribution is 5.96. The van der Waals surface area contributed by atoms with Crippen LogP contribution in [0.15, 0.2) is 91.2 Å². The van der Waals surface area contributed by atoms with Crippen LogP contribution in [0.5, 0.6) is 11.5 Å². The minimum Gasteiger partial charge on any atom is -0.733 e. The summed E-state index contributed by atoms with van der Waals surface area (Å²) in [5.74, 6) is 0.867. The summed E-state index contributed by atoms with van der Waals surface area (Å²) in [5.41, 5.74) is 0.778. The van der Waals surface area contributed by atoms with Gasteiger partial charge in [0, 0.05) is 28.5 Å². The summed E-state index contributed by atoms with van der Waals surface area (Å²) >= 11 is 0. The molecule has 3 aromatic carbocycles. The summed E-state index contributed by atoms with van der Waals surface area (Å²) < 4.78 is 21.9. The van der Waals surface area contributed by atoms with Crippen molar-refractivity contribution in [1.29, 1.82) is 0 Å². The Bertz CT molecular complexity index is 1650. The van der Waals surface area contributed by atoms with E-state index < -0.39 is 11.3 Å². The van der Waals surface area contributed by atoms with E-state index in [1.54, 1.807) is 54.6 Å². The molecule has 176 valence electrons. The molecule has 0 unspecified atom stereocenters. The van der Waals surface area contributed by atoms with Crippen molar-refractivity contribution in [2.45, 2.75) is 6.61 Å². The third-order valence-electron chi connectivity index (χ3n) is 5.51. The van der Waals surface area contributed by atoms with Gasteiger partial charge in [0.05, 0.1) is 18.4 Å². The molecule has 0 saturated heterocycles. The van der Waals surface area contributed by atoms with E-state index in [1.807, 2.05) is 0 Å². The average molecular weight is 472 g/mol. The van der Waals surface area contributed by atoms with Gasteiger partial charge in [0.1, 0.15) is 17.9 Å². The monoisotopic (exact) mass is 472 g/mol. The van der Waals surface area contributed by atoms with E-state index >= 15 is 0 Å². The third-order valence-corrected chi connectivity index (χ3v) is 5.51. The highest BCUT2D eigenvalue weighted by Gasteiger charge is 2.16. The van der Waals surface area contributed by atoms with Gasteiger partial charge in [-0.2, -0.15) is 0 Å². The second kappa shape index (κ2) is 8.98. The Morgan fingerprint density at radius 2 is 1.74 bits per heavy atom. The van der Waals surface area contributed by atoms with E-state index in [2.05, 4.69) is 0 Å². The minimum atomic E-state index is -0.628. The average Bonchev–Trinajstić information content (AvgIpc) is 2.86. The first kappa shape index (κ1) is 22.2. The lowest BCUT2D eigenvalue weighted by molar-refractivity contribution is 0.295. The molecule has 0 aliphatic heterocycles. The second-order valence-electron chi connectivity index (χ2n) is 7.69. The SMILES string of the molecule is COc1cccc2cc(-c3cc(=O)oc4cc(OCc5ccc(N([O-])O)cc5)ccc34)c(=O)oc12. The number of fused-ring (bicyclic) bond motifs is 2. The number of ether oxygens (including phenoxy) is 2. The van der Waals surface area contributed by atoms with Crippen LogP contribution in [0.1, 0.15) is 5.56 Å². The van der Waals surface area contributed by atoms with Crippen LogP contribution in [-0.4, -0.2) is 12.3 Å². The molecule has 0 saturated carbocycles. The molecular formula is C26H18NO8-. The summed E-state index contributed by atoms with van der Waals surface area (Å²) in [5, 5.41) is 20.8. The normalized spacial score (nSPS) is 11.1. The number of para-hydroxylation sites is 1. The lowest BCUT2D eigenvalue weighted by Crippen LogP contribution is -2.07. The summed E-state index contributed by atoms with van der Waals surface area (Å²) in [6, 6.07) is 19.3. The highest BCUT2D eigenvalue weighted by Crippen LogP contribution is 2.32. The van der Waals surface area contributed by atoms with Gasteiger partial charge in [-0.3, -0.25) is 5.21 Å². The second-order valence-corrected chi connectivity index (χ2v) is 7.69. The maximum Gasteiger partial charge on any atom is 0.344 e. The predicted molar refractivity (Wildman–Crippen MR) is 129 cm³/mol. The van der Waals surface area contributed by atoms with Crippen LogP contribution < -0.4 is 26.0 Å². The van der Waals surface area contributed by atoms with Gasteiger partial charge in [0.2, 0.25) is 0 Å². The topological polar surface area (TPSA) is 125 Å². The molecular weight excluding hydrogens is 454 g/mol. The Kier molecular flexibility index (Phi) is 5.69. The van der Waals surface area contributed by atoms with Gasteiger partial charge in [0.15, 0.2) is 11.3 Å². The maximum atomic E-state index is 12.8. The lowest BCUT2D eigenvalue weighted by Gasteiger charge is -2.21. The maximum absolute atomic E-state index is 12.8. The Morgan fingerprint density at radius 3 is 2.49 bits per heavy atom. The van der Waals surface area contributed by atoms with Gasteiger partial charge >= 0.3 is 11.3 Å². The molecule has 0 atom stereocenters. The molecule has 0 bridgehead atoms. The van der Waals surface area contributed by atoms with Crippen LogP contribution in [0.4, 0.5) is 5.69 Å². The molecule has 9 nitrogen and oxygen atoms in total. The molecule has 1 N–H and O–H groups in total. The van der Waals surface area contributed by atoms with Crippen molar-refractivity contribution in [1.82, 2.24) is 0 Å². The number of benzene rings is 3. The van der Waals surface area contributed by atoms with E-state index in [0.717, 1.165) is 5.56 Å². The smallest absolute Gasteiger partial charge is 0.344 e. The van der Waals surface area contributed by atoms with Crippen molar-refractivity contribution in [2.75, 3.05) is 12.3 Å². The molecule has 2 heterocycles. The van der Waals surface area contributed by atoms with Gasteiger partial charge in [-0.25, -0.2) is 9.59 Å². The summed E-state index contributed by atoms with van der Waals surface area (Å²) in [6.07, 6.45) is 0. The quantitative estimate of drug-likeness (QED) is 0.273. The Hall–Kier alpha value is -4.60. The Balaban J connectivity index is 1.51. The van der Waals surface area contributed by atoms with E-state index in [9.17, 15) is 14.8 Å². The number of hydrogen-bond donors (Lipinski definition) is 1. The van der Waals surface area contributed by atoms with Crippen molar-refractivity contribution < 1.29 is 23.5 Å². The van der Waals surface area contributed by atoms with E-state index in [1.165, 1.54) is 25.3 Å². The first-order valence-corrected chi connectivity index (χ1v) is 10.5. The molecule has 0 amide bonds. The van der Waals surface area contributed by atoms with Crippen LogP contribution in [-0.2, 0) is 6.61 Å². The van der Waals surface area contributed by atoms with Crippen LogP contribution in [0.3, 0.4) is 0 Å². The third kappa shape index (κ3) is 4.33. The molecule has 35 heavy (non-hydrogen) atoms. The van der Waals surface area contributed by atoms with Crippen molar-refractivity contribution >= 4 is 27.6 Å². The summed E-state index contributed by atoms with van der Waals surface area (Å²) in [7, 11) is 1.49. The van der Waals surface area contributed by atoms with Crippen molar-refractivity contribution in [3.05, 3.63) is 104 Å². The van der Waals surface area contributed by atoms with Crippen LogP contribution >= 0.6 is 0 Å². The van der Waals surface area contributed by atoms with Gasteiger partial charge in [-0.1, -0.05) is 24.3 Å². The van der Waals surface area contributed by atoms with Gasteiger partial charge in [-0.05, 0) is 42.0 Å². The van der Waals surface area contributed by atoms with Crippen LogP contribution in [0.2, 0.25) is 0 Å². The van der Waals surface area contributed by atoms with Crippen molar-refractivity contribution in [3.63, 3.8) is 0 Å². The molecule has 5 rings (SSSR count). The van der Waals surface area contributed by atoms with E-state index in [0.29, 0.717) is 33.4 Å². The van der Waals surface area contributed by atoms with Gasteiger partial charge in [-0.15, -0.1) is 0 Å². The summed E-state index contributed by atoms with van der Waals surface area (Å²) in [6.45, 7) is 0.177. The molecule has 5 aromatic rings. The minimum absolute atomic E-state index is 0.102. The number of methoxy groups -OCH3 is 1. The fraction of sp³-hybridized carbons (Fsp3) is 0.0769. The lowest BCUT2D eigenvalue weighted by atomic mass is 10.0. The van der Waals surface area contributed by atoms with Crippen molar-refractivity contribution in [3.8, 4) is 22.6 Å². The standard InChI is InChI=1S/C26H18NO8/c1-32-22-4-2-3-16-11-21(26(29)35-25(16)22)20-13-24(28)34-23-12-18(9-10-19(20)23)33-14-15-5-7-17(8-6-15)27(30)31/h2-13,30H,14H2,1H3/q-1. The largest absolute Gasteiger partial charge is 0.733 e. The van der Waals surface area contributed by atoms with Crippen LogP contribution in [0, 0.1) is 5.21 Å². The number of nitrogens with zero attached hydrogens (tertiary/aromatic N) is 1. The van der Waals surface area contributed by atoms with Gasteiger partial charge < -0.3 is 28.7 Å². The zero-order valence-corrected chi connectivity index (χ0v) is 18.4. The first-order valence-electron chi connectivity index (χ1n) is 10.5. The Labute approximate surface area is 197 Å².